The Balaban J connectivity index is 1.66. The second kappa shape index (κ2) is 7.27. The molecule has 2 saturated heterocycles. The Morgan fingerprint density at radius 2 is 1.95 bits per heavy atom. The van der Waals surface area contributed by atoms with E-state index in [0.717, 1.165) is 31.6 Å². The zero-order valence-corrected chi connectivity index (χ0v) is 14.8. The van der Waals surface area contributed by atoms with Gasteiger partial charge in [0, 0.05) is 29.3 Å². The standard InChI is InChI=1S/C17H28O2S2/c1-2-14-16(21-11-10-20-14)15(18)13-6-9-19-17(12-13)7-4-3-5-8-17/h13-14,16H,2-12H2,1H3. The predicted octanol–water partition coefficient (Wildman–Crippen LogP) is 4.31. The van der Waals surface area contributed by atoms with Gasteiger partial charge in [0.25, 0.3) is 0 Å². The highest BCUT2D eigenvalue weighted by Crippen LogP contribution is 2.43. The zero-order chi connectivity index (χ0) is 14.7. The summed E-state index contributed by atoms with van der Waals surface area (Å²) in [6.45, 7) is 3.04. The molecule has 3 unspecified atom stereocenters. The van der Waals surface area contributed by atoms with Crippen LogP contribution in [0.15, 0.2) is 0 Å². The first-order chi connectivity index (χ1) is 10.2. The quantitative estimate of drug-likeness (QED) is 0.771. The lowest BCUT2D eigenvalue weighted by atomic mass is 9.74. The van der Waals surface area contributed by atoms with Gasteiger partial charge in [0.1, 0.15) is 5.78 Å². The first-order valence-electron chi connectivity index (χ1n) is 8.65. The zero-order valence-electron chi connectivity index (χ0n) is 13.1. The minimum atomic E-state index is 0.0605. The van der Waals surface area contributed by atoms with Crippen molar-refractivity contribution in [3.63, 3.8) is 0 Å². The first kappa shape index (κ1) is 16.2. The lowest BCUT2D eigenvalue weighted by Crippen LogP contribution is -2.46. The van der Waals surface area contributed by atoms with Crippen LogP contribution < -0.4 is 0 Å². The van der Waals surface area contributed by atoms with Crippen LogP contribution in [0.4, 0.5) is 0 Å². The lowest BCUT2D eigenvalue weighted by Gasteiger charge is -2.44. The summed E-state index contributed by atoms with van der Waals surface area (Å²) >= 11 is 3.94. The summed E-state index contributed by atoms with van der Waals surface area (Å²) in [5.74, 6) is 3.17. The van der Waals surface area contributed by atoms with Crippen molar-refractivity contribution in [1.29, 1.82) is 0 Å². The summed E-state index contributed by atoms with van der Waals surface area (Å²) in [5.41, 5.74) is 0.0605. The fourth-order valence-corrected chi connectivity index (χ4v) is 7.32. The molecular weight excluding hydrogens is 300 g/mol. The first-order valence-corrected chi connectivity index (χ1v) is 10.7. The summed E-state index contributed by atoms with van der Waals surface area (Å²) in [5, 5.41) is 0.791. The molecule has 4 heteroatoms. The molecule has 3 aliphatic rings. The van der Waals surface area contributed by atoms with Gasteiger partial charge in [-0.15, -0.1) is 11.8 Å². The minimum Gasteiger partial charge on any atom is -0.375 e. The maximum Gasteiger partial charge on any atom is 0.150 e. The number of ketones is 1. The number of Topliss-reactive ketones (excluding diaryl/α,β-unsaturated/α-hetero) is 1. The van der Waals surface area contributed by atoms with E-state index in [1.807, 2.05) is 23.5 Å². The number of hydrogen-bond donors (Lipinski definition) is 0. The molecule has 0 amide bonds. The topological polar surface area (TPSA) is 26.3 Å². The van der Waals surface area contributed by atoms with E-state index in [-0.39, 0.29) is 16.8 Å². The molecule has 1 saturated carbocycles. The molecule has 120 valence electrons. The predicted molar refractivity (Wildman–Crippen MR) is 92.3 cm³/mol. The van der Waals surface area contributed by atoms with E-state index < -0.39 is 0 Å². The van der Waals surface area contributed by atoms with Crippen molar-refractivity contribution < 1.29 is 9.53 Å². The lowest BCUT2D eigenvalue weighted by molar-refractivity contribution is -0.142. The second-order valence-corrected chi connectivity index (χ2v) is 9.39. The van der Waals surface area contributed by atoms with E-state index in [0.29, 0.717) is 11.0 Å². The average Bonchev–Trinajstić information content (AvgIpc) is 2.55. The Kier molecular flexibility index (Phi) is 5.61. The molecule has 0 radical (unpaired) electrons. The normalized spacial score (nSPS) is 36.5. The highest BCUT2D eigenvalue weighted by atomic mass is 32.2. The molecule has 3 rings (SSSR count). The smallest absolute Gasteiger partial charge is 0.150 e. The third-order valence-corrected chi connectivity index (χ3v) is 8.66. The van der Waals surface area contributed by atoms with Crippen molar-refractivity contribution >= 4 is 29.3 Å². The van der Waals surface area contributed by atoms with Gasteiger partial charge in [-0.05, 0) is 32.1 Å². The number of carbonyl (C=O) groups excluding carboxylic acids is 1. The van der Waals surface area contributed by atoms with Crippen molar-refractivity contribution in [3.05, 3.63) is 0 Å². The highest BCUT2D eigenvalue weighted by molar-refractivity contribution is 8.07. The van der Waals surface area contributed by atoms with Crippen molar-refractivity contribution in [1.82, 2.24) is 0 Å². The SMILES string of the molecule is CCC1SCCSC1C(=O)C1CCOC2(CCCCC2)C1. The molecule has 21 heavy (non-hydrogen) atoms. The number of thioether (sulfide) groups is 2. The molecule has 3 atom stereocenters. The van der Waals surface area contributed by atoms with Gasteiger partial charge in [-0.25, -0.2) is 0 Å². The van der Waals surface area contributed by atoms with E-state index in [2.05, 4.69) is 6.92 Å². The molecule has 3 fully saturated rings. The van der Waals surface area contributed by atoms with E-state index in [4.69, 9.17) is 4.74 Å². The van der Waals surface area contributed by atoms with Crippen molar-refractivity contribution in [3.8, 4) is 0 Å². The van der Waals surface area contributed by atoms with Crippen molar-refractivity contribution in [2.24, 2.45) is 5.92 Å². The second-order valence-electron chi connectivity index (χ2n) is 6.79. The van der Waals surface area contributed by atoms with Crippen LogP contribution in [0.1, 0.15) is 58.3 Å². The molecule has 1 spiro atoms. The fourth-order valence-electron chi connectivity index (χ4n) is 4.21. The maximum absolute atomic E-state index is 13.1. The molecule has 1 aliphatic carbocycles. The van der Waals surface area contributed by atoms with Crippen molar-refractivity contribution in [2.75, 3.05) is 18.1 Å². The van der Waals surface area contributed by atoms with Gasteiger partial charge in [-0.3, -0.25) is 4.79 Å². The Bertz CT molecular complexity index is 360. The summed E-state index contributed by atoms with van der Waals surface area (Å²) in [4.78, 5) is 13.1. The summed E-state index contributed by atoms with van der Waals surface area (Å²) < 4.78 is 6.16. The van der Waals surface area contributed by atoms with Crippen LogP contribution in [0.25, 0.3) is 0 Å². The van der Waals surface area contributed by atoms with E-state index in [9.17, 15) is 4.79 Å². The summed E-state index contributed by atoms with van der Waals surface area (Å²) in [6.07, 6.45) is 9.36. The Morgan fingerprint density at radius 1 is 1.19 bits per heavy atom. The minimum absolute atomic E-state index is 0.0605. The molecule has 0 N–H and O–H groups in total. The molecule has 2 aliphatic heterocycles. The highest BCUT2D eigenvalue weighted by Gasteiger charge is 2.43. The van der Waals surface area contributed by atoms with Gasteiger partial charge in [0.2, 0.25) is 0 Å². The van der Waals surface area contributed by atoms with E-state index in [1.54, 1.807) is 0 Å². The van der Waals surface area contributed by atoms with E-state index in [1.165, 1.54) is 37.9 Å². The van der Waals surface area contributed by atoms with Crippen LogP contribution >= 0.6 is 23.5 Å². The maximum atomic E-state index is 13.1. The number of rotatable bonds is 3. The Labute approximate surface area is 137 Å². The van der Waals surface area contributed by atoms with Crippen LogP contribution in [-0.2, 0) is 9.53 Å². The number of carbonyl (C=O) groups is 1. The molecule has 0 aromatic rings. The van der Waals surface area contributed by atoms with Gasteiger partial charge >= 0.3 is 0 Å². The van der Waals surface area contributed by atoms with Crippen LogP contribution in [-0.4, -0.2) is 40.0 Å². The molecule has 2 nitrogen and oxygen atoms in total. The van der Waals surface area contributed by atoms with Gasteiger partial charge in [-0.1, -0.05) is 26.2 Å². The monoisotopic (exact) mass is 328 g/mol. The van der Waals surface area contributed by atoms with Gasteiger partial charge < -0.3 is 4.74 Å². The third kappa shape index (κ3) is 3.64. The Hall–Kier alpha value is 0.330. The van der Waals surface area contributed by atoms with Gasteiger partial charge in [-0.2, -0.15) is 11.8 Å². The van der Waals surface area contributed by atoms with Crippen LogP contribution in [0, 0.1) is 5.92 Å². The average molecular weight is 329 g/mol. The van der Waals surface area contributed by atoms with Crippen LogP contribution in [0.3, 0.4) is 0 Å². The summed E-state index contributed by atoms with van der Waals surface area (Å²) in [6, 6.07) is 0. The van der Waals surface area contributed by atoms with Crippen LogP contribution in [0.2, 0.25) is 0 Å². The third-order valence-electron chi connectivity index (χ3n) is 5.39. The number of ether oxygens (including phenoxy) is 1. The van der Waals surface area contributed by atoms with E-state index >= 15 is 0 Å². The molecule has 0 aromatic heterocycles. The van der Waals surface area contributed by atoms with Gasteiger partial charge in [0.05, 0.1) is 10.9 Å². The molecule has 0 bridgehead atoms. The summed E-state index contributed by atoms with van der Waals surface area (Å²) in [7, 11) is 0. The van der Waals surface area contributed by atoms with Crippen LogP contribution in [0.5, 0.6) is 0 Å². The molecular formula is C17H28O2S2. The van der Waals surface area contributed by atoms with Gasteiger partial charge in [0.15, 0.2) is 0 Å². The molecule has 0 aromatic carbocycles. The molecule has 2 heterocycles. The Morgan fingerprint density at radius 3 is 2.71 bits per heavy atom. The fraction of sp³-hybridized carbons (Fsp3) is 0.941. The number of hydrogen-bond acceptors (Lipinski definition) is 4. The van der Waals surface area contributed by atoms with Crippen molar-refractivity contribution in [2.45, 2.75) is 74.4 Å². The largest absolute Gasteiger partial charge is 0.375 e.